The molecule has 0 aromatic heterocycles. The Bertz CT molecular complexity index is 388. The van der Waals surface area contributed by atoms with E-state index in [1.165, 1.54) is 49.9 Å². The van der Waals surface area contributed by atoms with Crippen molar-refractivity contribution in [1.29, 1.82) is 0 Å². The van der Waals surface area contributed by atoms with E-state index in [9.17, 15) is 0 Å². The Morgan fingerprint density at radius 1 is 1.10 bits per heavy atom. The van der Waals surface area contributed by atoms with E-state index in [0.717, 1.165) is 13.1 Å². The summed E-state index contributed by atoms with van der Waals surface area (Å²) in [6.45, 7) is 11.5. The number of nitrogens with one attached hydrogen (secondary N) is 1. The Kier molecular flexibility index (Phi) is 6.06. The fourth-order valence-electron chi connectivity index (χ4n) is 3.44. The molecular weight excluding hydrogens is 244 g/mol. The van der Waals surface area contributed by atoms with E-state index < -0.39 is 0 Å². The van der Waals surface area contributed by atoms with Crippen molar-refractivity contribution in [1.82, 2.24) is 10.2 Å². The minimum atomic E-state index is 0.616. The molecule has 2 heteroatoms. The summed E-state index contributed by atoms with van der Waals surface area (Å²) in [6, 6.07) is 7.36. The van der Waals surface area contributed by atoms with Gasteiger partial charge < -0.3 is 5.32 Å². The van der Waals surface area contributed by atoms with E-state index in [-0.39, 0.29) is 0 Å². The van der Waals surface area contributed by atoms with Gasteiger partial charge >= 0.3 is 0 Å². The van der Waals surface area contributed by atoms with Crippen LogP contribution in [0.1, 0.15) is 55.3 Å². The van der Waals surface area contributed by atoms with E-state index in [0.29, 0.717) is 6.04 Å². The minimum absolute atomic E-state index is 0.616. The zero-order valence-corrected chi connectivity index (χ0v) is 13.4. The molecule has 112 valence electrons. The van der Waals surface area contributed by atoms with Crippen LogP contribution in [0.4, 0.5) is 0 Å². The Hall–Kier alpha value is -0.860. The molecule has 0 spiro atoms. The van der Waals surface area contributed by atoms with Gasteiger partial charge in [-0.05, 0) is 37.0 Å². The van der Waals surface area contributed by atoms with E-state index in [1.807, 2.05) is 0 Å². The molecule has 1 aromatic rings. The van der Waals surface area contributed by atoms with Crippen LogP contribution in [0.15, 0.2) is 18.2 Å². The van der Waals surface area contributed by atoms with Gasteiger partial charge in [0.2, 0.25) is 0 Å². The first-order valence-corrected chi connectivity index (χ1v) is 8.25. The molecule has 1 fully saturated rings. The fourth-order valence-corrected chi connectivity index (χ4v) is 3.44. The molecule has 1 saturated heterocycles. The third-order valence-corrected chi connectivity index (χ3v) is 4.55. The SMILES string of the molecule is CCCCC[C@@H](c1c(C)cccc1C)N1CCNCC1. The third-order valence-electron chi connectivity index (χ3n) is 4.55. The average Bonchev–Trinajstić information content (AvgIpc) is 2.46. The molecule has 1 atom stereocenters. The lowest BCUT2D eigenvalue weighted by atomic mass is 9.91. The van der Waals surface area contributed by atoms with Crippen LogP contribution in [0.2, 0.25) is 0 Å². The lowest BCUT2D eigenvalue weighted by molar-refractivity contribution is 0.162. The Morgan fingerprint density at radius 2 is 1.75 bits per heavy atom. The predicted octanol–water partition coefficient (Wildman–Crippen LogP) is 3.83. The summed E-state index contributed by atoms with van der Waals surface area (Å²) >= 11 is 0. The Morgan fingerprint density at radius 3 is 2.35 bits per heavy atom. The molecule has 1 N–H and O–H groups in total. The lowest BCUT2D eigenvalue weighted by Crippen LogP contribution is -2.45. The Labute approximate surface area is 124 Å². The number of hydrogen-bond donors (Lipinski definition) is 1. The average molecular weight is 274 g/mol. The summed E-state index contributed by atoms with van der Waals surface area (Å²) in [5.41, 5.74) is 4.51. The van der Waals surface area contributed by atoms with Gasteiger partial charge in [0.1, 0.15) is 0 Å². The van der Waals surface area contributed by atoms with Gasteiger partial charge in [0.05, 0.1) is 0 Å². The molecule has 0 bridgehead atoms. The maximum atomic E-state index is 3.48. The highest BCUT2D eigenvalue weighted by Gasteiger charge is 2.24. The number of aryl methyl sites for hydroxylation is 2. The van der Waals surface area contributed by atoms with Crippen LogP contribution in [-0.4, -0.2) is 31.1 Å². The van der Waals surface area contributed by atoms with Crippen molar-refractivity contribution in [2.45, 2.75) is 52.5 Å². The minimum Gasteiger partial charge on any atom is -0.314 e. The summed E-state index contributed by atoms with van der Waals surface area (Å²) in [6.07, 6.45) is 5.31. The molecular formula is C18H30N2. The van der Waals surface area contributed by atoms with E-state index in [1.54, 1.807) is 5.56 Å². The van der Waals surface area contributed by atoms with Gasteiger partial charge in [-0.3, -0.25) is 4.90 Å². The van der Waals surface area contributed by atoms with Crippen LogP contribution in [0.5, 0.6) is 0 Å². The zero-order chi connectivity index (χ0) is 14.4. The third kappa shape index (κ3) is 3.83. The van der Waals surface area contributed by atoms with Crippen molar-refractivity contribution in [3.8, 4) is 0 Å². The summed E-state index contributed by atoms with van der Waals surface area (Å²) in [5.74, 6) is 0. The number of nitrogens with zero attached hydrogens (tertiary/aromatic N) is 1. The highest BCUT2D eigenvalue weighted by Crippen LogP contribution is 2.31. The van der Waals surface area contributed by atoms with Gasteiger partial charge in [-0.2, -0.15) is 0 Å². The molecule has 0 saturated carbocycles. The van der Waals surface area contributed by atoms with Gasteiger partial charge in [-0.25, -0.2) is 0 Å². The Balaban J connectivity index is 2.20. The molecule has 1 aliphatic rings. The van der Waals surface area contributed by atoms with Crippen molar-refractivity contribution >= 4 is 0 Å². The smallest absolute Gasteiger partial charge is 0.0354 e. The first-order valence-electron chi connectivity index (χ1n) is 8.25. The highest BCUT2D eigenvalue weighted by molar-refractivity contribution is 5.36. The van der Waals surface area contributed by atoms with Crippen molar-refractivity contribution in [2.75, 3.05) is 26.2 Å². The van der Waals surface area contributed by atoms with E-state index in [4.69, 9.17) is 0 Å². The van der Waals surface area contributed by atoms with Crippen LogP contribution in [0.3, 0.4) is 0 Å². The van der Waals surface area contributed by atoms with Crippen LogP contribution in [0.25, 0.3) is 0 Å². The van der Waals surface area contributed by atoms with Gasteiger partial charge in [-0.15, -0.1) is 0 Å². The summed E-state index contributed by atoms with van der Waals surface area (Å²) in [5, 5.41) is 3.48. The van der Waals surface area contributed by atoms with E-state index in [2.05, 4.69) is 49.2 Å². The largest absolute Gasteiger partial charge is 0.314 e. The number of unbranched alkanes of at least 4 members (excludes halogenated alkanes) is 2. The molecule has 1 aromatic carbocycles. The van der Waals surface area contributed by atoms with Crippen LogP contribution >= 0.6 is 0 Å². The van der Waals surface area contributed by atoms with Gasteiger partial charge in [0.15, 0.2) is 0 Å². The molecule has 0 aliphatic carbocycles. The first kappa shape index (κ1) is 15.5. The molecule has 20 heavy (non-hydrogen) atoms. The normalized spacial score (nSPS) is 18.1. The fraction of sp³-hybridized carbons (Fsp3) is 0.667. The first-order chi connectivity index (χ1) is 9.74. The number of hydrogen-bond acceptors (Lipinski definition) is 2. The van der Waals surface area contributed by atoms with Crippen molar-refractivity contribution in [3.05, 3.63) is 34.9 Å². The molecule has 2 nitrogen and oxygen atoms in total. The van der Waals surface area contributed by atoms with Gasteiger partial charge in [0, 0.05) is 32.2 Å². The monoisotopic (exact) mass is 274 g/mol. The molecule has 1 aliphatic heterocycles. The zero-order valence-electron chi connectivity index (χ0n) is 13.4. The second-order valence-electron chi connectivity index (χ2n) is 6.10. The predicted molar refractivity (Wildman–Crippen MR) is 87.2 cm³/mol. The maximum absolute atomic E-state index is 3.48. The van der Waals surface area contributed by atoms with Crippen molar-refractivity contribution in [2.24, 2.45) is 0 Å². The van der Waals surface area contributed by atoms with Crippen molar-refractivity contribution < 1.29 is 0 Å². The van der Waals surface area contributed by atoms with Crippen LogP contribution in [-0.2, 0) is 0 Å². The highest BCUT2D eigenvalue weighted by atomic mass is 15.2. The summed E-state index contributed by atoms with van der Waals surface area (Å²) in [4.78, 5) is 2.70. The lowest BCUT2D eigenvalue weighted by Gasteiger charge is -2.37. The van der Waals surface area contributed by atoms with Crippen LogP contribution in [0, 0.1) is 13.8 Å². The standard InChI is InChI=1S/C18H30N2/c1-4-5-6-10-17(20-13-11-19-12-14-20)18-15(2)8-7-9-16(18)3/h7-9,17,19H,4-6,10-14H2,1-3H3/t17-/m0/s1. The quantitative estimate of drug-likeness (QED) is 0.793. The van der Waals surface area contributed by atoms with E-state index >= 15 is 0 Å². The van der Waals surface area contributed by atoms with Gasteiger partial charge in [-0.1, -0.05) is 44.4 Å². The van der Waals surface area contributed by atoms with Gasteiger partial charge in [0.25, 0.3) is 0 Å². The molecule has 0 radical (unpaired) electrons. The number of piperazine rings is 1. The molecule has 0 amide bonds. The maximum Gasteiger partial charge on any atom is 0.0354 e. The number of rotatable bonds is 6. The van der Waals surface area contributed by atoms with Crippen LogP contribution < -0.4 is 5.32 Å². The number of benzene rings is 1. The molecule has 0 unspecified atom stereocenters. The molecule has 2 rings (SSSR count). The topological polar surface area (TPSA) is 15.3 Å². The molecule has 1 heterocycles. The summed E-state index contributed by atoms with van der Waals surface area (Å²) in [7, 11) is 0. The van der Waals surface area contributed by atoms with Crippen molar-refractivity contribution in [3.63, 3.8) is 0 Å². The summed E-state index contributed by atoms with van der Waals surface area (Å²) < 4.78 is 0. The second-order valence-corrected chi connectivity index (χ2v) is 6.10. The second kappa shape index (κ2) is 7.80.